The number of hydrogen-bond acceptors (Lipinski definition) is 4. The molecule has 2 rings (SSSR count). The van der Waals surface area contributed by atoms with E-state index in [-0.39, 0.29) is 5.41 Å². The summed E-state index contributed by atoms with van der Waals surface area (Å²) < 4.78 is 0. The van der Waals surface area contributed by atoms with Crippen molar-refractivity contribution in [3.63, 3.8) is 0 Å². The smallest absolute Gasteiger partial charge is 0.216 e. The van der Waals surface area contributed by atoms with Crippen molar-refractivity contribution in [1.82, 2.24) is 0 Å². The Morgan fingerprint density at radius 3 is 1.65 bits per heavy atom. The first-order valence-electron chi connectivity index (χ1n) is 13.8. The number of aliphatic hydroxyl groups is 2. The Bertz CT molecular complexity index is 694. The van der Waals surface area contributed by atoms with Crippen LogP contribution in [0.2, 0.25) is 0 Å². The lowest BCUT2D eigenvalue weighted by atomic mass is 9.74. The van der Waals surface area contributed by atoms with Gasteiger partial charge in [-0.15, -0.1) is 0 Å². The minimum atomic E-state index is -1.86. The van der Waals surface area contributed by atoms with E-state index in [1.165, 1.54) is 101 Å². The summed E-state index contributed by atoms with van der Waals surface area (Å²) in [6, 6.07) is 10.2. The van der Waals surface area contributed by atoms with E-state index >= 15 is 0 Å². The van der Waals surface area contributed by atoms with Crippen LogP contribution >= 0.6 is 21.6 Å². The SMILES string of the molecule is CCCCCCCCCC1(CCCCCCCCC)C=CC(O)(O)C(SSc2ccccc2)=C1. The third-order valence-electron chi connectivity index (χ3n) is 6.89. The lowest BCUT2D eigenvalue weighted by molar-refractivity contribution is -0.0804. The van der Waals surface area contributed by atoms with Gasteiger partial charge in [0.15, 0.2) is 0 Å². The molecule has 2 N–H and O–H groups in total. The molecule has 192 valence electrons. The second-order valence-corrected chi connectivity index (χ2v) is 12.3. The van der Waals surface area contributed by atoms with Gasteiger partial charge in [0, 0.05) is 10.3 Å². The molecule has 1 aromatic carbocycles. The average molecular weight is 505 g/mol. The maximum atomic E-state index is 10.7. The quantitative estimate of drug-likeness (QED) is 0.0851. The molecule has 0 spiro atoms. The van der Waals surface area contributed by atoms with Gasteiger partial charge >= 0.3 is 0 Å². The molecule has 34 heavy (non-hydrogen) atoms. The molecule has 0 heterocycles. The molecule has 1 aliphatic rings. The van der Waals surface area contributed by atoms with Crippen molar-refractivity contribution in [3.8, 4) is 0 Å². The molecule has 0 saturated carbocycles. The van der Waals surface area contributed by atoms with Crippen LogP contribution in [0.3, 0.4) is 0 Å². The molecule has 0 bridgehead atoms. The zero-order valence-corrected chi connectivity index (χ0v) is 23.3. The second-order valence-electron chi connectivity index (χ2n) is 10.0. The minimum Gasteiger partial charge on any atom is -0.358 e. The largest absolute Gasteiger partial charge is 0.358 e. The predicted molar refractivity (Wildman–Crippen MR) is 152 cm³/mol. The van der Waals surface area contributed by atoms with Gasteiger partial charge in [-0.05, 0) is 31.1 Å². The van der Waals surface area contributed by atoms with Crippen LogP contribution in [0.15, 0.2) is 58.4 Å². The third kappa shape index (κ3) is 11.4. The van der Waals surface area contributed by atoms with Crippen LogP contribution in [0.4, 0.5) is 0 Å². The van der Waals surface area contributed by atoms with Crippen LogP contribution < -0.4 is 0 Å². The first-order chi connectivity index (χ1) is 16.5. The van der Waals surface area contributed by atoms with Gasteiger partial charge in [-0.25, -0.2) is 0 Å². The Hall–Kier alpha value is -0.680. The topological polar surface area (TPSA) is 40.5 Å². The van der Waals surface area contributed by atoms with Gasteiger partial charge in [-0.2, -0.15) is 0 Å². The van der Waals surface area contributed by atoms with E-state index in [1.54, 1.807) is 16.9 Å². The highest BCUT2D eigenvalue weighted by atomic mass is 33.1. The van der Waals surface area contributed by atoms with Crippen molar-refractivity contribution in [2.24, 2.45) is 5.41 Å². The van der Waals surface area contributed by atoms with Gasteiger partial charge in [0.05, 0.1) is 4.91 Å². The summed E-state index contributed by atoms with van der Waals surface area (Å²) in [4.78, 5) is 1.79. The monoisotopic (exact) mass is 504 g/mol. The van der Waals surface area contributed by atoms with E-state index in [9.17, 15) is 10.2 Å². The molecule has 0 amide bonds. The number of benzene rings is 1. The van der Waals surface area contributed by atoms with Crippen LogP contribution in [-0.2, 0) is 0 Å². The molecule has 1 aromatic rings. The van der Waals surface area contributed by atoms with Crippen LogP contribution in [-0.4, -0.2) is 16.0 Å². The minimum absolute atomic E-state index is 0.0542. The zero-order valence-electron chi connectivity index (χ0n) is 21.6. The molecule has 0 radical (unpaired) electrons. The summed E-state index contributed by atoms with van der Waals surface area (Å²) in [5.74, 6) is -1.86. The van der Waals surface area contributed by atoms with E-state index in [2.05, 4.69) is 38.1 Å². The Morgan fingerprint density at radius 2 is 1.12 bits per heavy atom. The maximum absolute atomic E-state index is 10.7. The fourth-order valence-electron chi connectivity index (χ4n) is 4.69. The van der Waals surface area contributed by atoms with Crippen molar-refractivity contribution in [2.75, 3.05) is 0 Å². The Kier molecular flexibility index (Phi) is 14.7. The fraction of sp³-hybridized carbons (Fsp3) is 0.667. The van der Waals surface area contributed by atoms with Gasteiger partial charge in [0.1, 0.15) is 0 Å². The van der Waals surface area contributed by atoms with Crippen molar-refractivity contribution < 1.29 is 10.2 Å². The standard InChI is InChI=1S/C30H48O2S2/c1-3-5-7-9-11-13-18-22-29(23-19-14-12-10-8-6-4-2)24-25-30(31,32)28(26-29)34-33-27-20-16-15-17-21-27/h15-17,20-21,24-26,31-32H,3-14,18-19,22-23H2,1-2H3. The summed E-state index contributed by atoms with van der Waals surface area (Å²) in [5.41, 5.74) is -0.0542. The normalized spacial score (nSPS) is 16.5. The van der Waals surface area contributed by atoms with E-state index in [0.29, 0.717) is 4.91 Å². The molecule has 0 atom stereocenters. The molecule has 0 aromatic heterocycles. The molecule has 0 aliphatic heterocycles. The van der Waals surface area contributed by atoms with E-state index in [4.69, 9.17) is 0 Å². The zero-order chi connectivity index (χ0) is 24.5. The number of unbranched alkanes of at least 4 members (excludes halogenated alkanes) is 12. The average Bonchev–Trinajstić information content (AvgIpc) is 2.84. The summed E-state index contributed by atoms with van der Waals surface area (Å²) >= 11 is 0. The van der Waals surface area contributed by atoms with Gasteiger partial charge in [-0.1, -0.05) is 156 Å². The van der Waals surface area contributed by atoms with E-state index < -0.39 is 5.79 Å². The van der Waals surface area contributed by atoms with Crippen LogP contribution in [0.25, 0.3) is 0 Å². The number of hydrogen-bond donors (Lipinski definition) is 2. The lowest BCUT2D eigenvalue weighted by Crippen LogP contribution is -2.33. The summed E-state index contributed by atoms with van der Waals surface area (Å²) in [7, 11) is 3.10. The van der Waals surface area contributed by atoms with Gasteiger partial charge in [-0.3, -0.25) is 0 Å². The third-order valence-corrected chi connectivity index (χ3v) is 9.40. The van der Waals surface area contributed by atoms with Crippen LogP contribution in [0, 0.1) is 5.41 Å². The maximum Gasteiger partial charge on any atom is 0.216 e. The first kappa shape index (κ1) is 29.5. The van der Waals surface area contributed by atoms with E-state index in [0.717, 1.165) is 17.7 Å². The molecule has 0 unspecified atom stereocenters. The summed E-state index contributed by atoms with van der Waals surface area (Å²) in [6.07, 6.45) is 26.4. The molecule has 1 aliphatic carbocycles. The van der Waals surface area contributed by atoms with Gasteiger partial charge in [0.25, 0.3) is 0 Å². The lowest BCUT2D eigenvalue weighted by Gasteiger charge is -2.36. The highest BCUT2D eigenvalue weighted by Gasteiger charge is 2.37. The molecule has 2 nitrogen and oxygen atoms in total. The van der Waals surface area contributed by atoms with Crippen molar-refractivity contribution >= 4 is 21.6 Å². The van der Waals surface area contributed by atoms with E-state index in [1.807, 2.05) is 18.2 Å². The number of allylic oxidation sites excluding steroid dienone is 2. The number of rotatable bonds is 19. The van der Waals surface area contributed by atoms with Crippen LogP contribution in [0.5, 0.6) is 0 Å². The van der Waals surface area contributed by atoms with Gasteiger partial charge < -0.3 is 10.2 Å². The molecule has 4 heteroatoms. The Labute approximate surface area is 217 Å². The second kappa shape index (κ2) is 16.9. The molecular weight excluding hydrogens is 456 g/mol. The first-order valence-corrected chi connectivity index (χ1v) is 15.9. The Balaban J connectivity index is 1.98. The highest BCUT2D eigenvalue weighted by molar-refractivity contribution is 8.78. The van der Waals surface area contributed by atoms with Crippen molar-refractivity contribution in [1.29, 1.82) is 0 Å². The van der Waals surface area contributed by atoms with Crippen molar-refractivity contribution in [3.05, 3.63) is 53.5 Å². The molecule has 0 fully saturated rings. The molecular formula is C30H48O2S2. The highest BCUT2D eigenvalue weighted by Crippen LogP contribution is 2.48. The van der Waals surface area contributed by atoms with Gasteiger partial charge in [0.2, 0.25) is 5.79 Å². The van der Waals surface area contributed by atoms with Crippen molar-refractivity contribution in [2.45, 2.75) is 127 Å². The Morgan fingerprint density at radius 1 is 0.618 bits per heavy atom. The molecule has 0 saturated heterocycles. The predicted octanol–water partition coefficient (Wildman–Crippen LogP) is 9.83. The van der Waals surface area contributed by atoms with Crippen LogP contribution in [0.1, 0.15) is 117 Å². The fourth-order valence-corrected chi connectivity index (χ4v) is 7.02. The summed E-state index contributed by atoms with van der Waals surface area (Å²) in [5, 5.41) is 21.4. The summed E-state index contributed by atoms with van der Waals surface area (Å²) in [6.45, 7) is 4.53.